The summed E-state index contributed by atoms with van der Waals surface area (Å²) in [4.78, 5) is 4.34. The Bertz CT molecular complexity index is 665. The van der Waals surface area contributed by atoms with Gasteiger partial charge in [-0.1, -0.05) is 18.2 Å². The fourth-order valence-corrected chi connectivity index (χ4v) is 2.02. The molecule has 3 rings (SSSR count). The summed E-state index contributed by atoms with van der Waals surface area (Å²) in [5.41, 5.74) is 9.52. The van der Waals surface area contributed by atoms with Gasteiger partial charge in [0.25, 0.3) is 0 Å². The first-order valence-electron chi connectivity index (χ1n) is 5.38. The van der Waals surface area contributed by atoms with Crippen molar-refractivity contribution < 1.29 is 0 Å². The zero-order chi connectivity index (χ0) is 11.8. The molecule has 0 radical (unpaired) electrons. The van der Waals surface area contributed by atoms with Crippen LogP contribution in [0.15, 0.2) is 42.7 Å². The zero-order valence-electron chi connectivity index (χ0n) is 9.46. The van der Waals surface area contributed by atoms with Gasteiger partial charge < -0.3 is 5.73 Å². The number of hydrogen-bond acceptors (Lipinski definition) is 3. The van der Waals surface area contributed by atoms with Crippen LogP contribution in [0.1, 0.15) is 0 Å². The molecule has 4 nitrogen and oxygen atoms in total. The second-order valence-corrected chi connectivity index (χ2v) is 3.98. The Labute approximate surface area is 98.7 Å². The lowest BCUT2D eigenvalue weighted by Gasteiger charge is -2.05. The van der Waals surface area contributed by atoms with Crippen molar-refractivity contribution in [2.24, 2.45) is 7.05 Å². The normalized spacial score (nSPS) is 10.9. The van der Waals surface area contributed by atoms with Gasteiger partial charge >= 0.3 is 0 Å². The van der Waals surface area contributed by atoms with Gasteiger partial charge in [0.05, 0.1) is 23.1 Å². The smallest absolute Gasteiger partial charge is 0.0909 e. The predicted molar refractivity (Wildman–Crippen MR) is 68.4 cm³/mol. The van der Waals surface area contributed by atoms with Gasteiger partial charge in [-0.25, -0.2) is 0 Å². The third-order valence-corrected chi connectivity index (χ3v) is 2.85. The molecule has 17 heavy (non-hydrogen) atoms. The van der Waals surface area contributed by atoms with E-state index in [1.165, 1.54) is 0 Å². The third-order valence-electron chi connectivity index (χ3n) is 2.85. The average molecular weight is 224 g/mol. The van der Waals surface area contributed by atoms with Crippen LogP contribution < -0.4 is 5.73 Å². The van der Waals surface area contributed by atoms with E-state index < -0.39 is 0 Å². The molecule has 0 aliphatic rings. The van der Waals surface area contributed by atoms with E-state index in [0.29, 0.717) is 5.69 Å². The van der Waals surface area contributed by atoms with Crippen molar-refractivity contribution in [1.29, 1.82) is 0 Å². The Balaban J connectivity index is 2.25. The minimum absolute atomic E-state index is 0.683. The third kappa shape index (κ3) is 1.54. The van der Waals surface area contributed by atoms with Gasteiger partial charge in [-0.05, 0) is 12.1 Å². The summed E-state index contributed by atoms with van der Waals surface area (Å²) >= 11 is 0. The topological polar surface area (TPSA) is 56.7 Å². The number of anilines is 1. The van der Waals surface area contributed by atoms with E-state index in [4.69, 9.17) is 5.73 Å². The van der Waals surface area contributed by atoms with Crippen molar-refractivity contribution in [1.82, 2.24) is 14.8 Å². The molecule has 0 unspecified atom stereocenters. The van der Waals surface area contributed by atoms with Crippen LogP contribution in [0.4, 0.5) is 5.69 Å². The molecule has 84 valence electrons. The number of rotatable bonds is 1. The van der Waals surface area contributed by atoms with Crippen LogP contribution in [0.25, 0.3) is 22.2 Å². The SMILES string of the molecule is Cn1ncc(N)c1-c1ccc2cccnc2c1. The van der Waals surface area contributed by atoms with Crippen molar-refractivity contribution in [3.63, 3.8) is 0 Å². The van der Waals surface area contributed by atoms with Gasteiger partial charge in [0, 0.05) is 24.2 Å². The molecule has 0 aliphatic carbocycles. The summed E-state index contributed by atoms with van der Waals surface area (Å²) in [5, 5.41) is 5.27. The van der Waals surface area contributed by atoms with Crippen LogP contribution in [0, 0.1) is 0 Å². The van der Waals surface area contributed by atoms with Gasteiger partial charge in [0.2, 0.25) is 0 Å². The molecule has 0 spiro atoms. The van der Waals surface area contributed by atoms with Gasteiger partial charge in [-0.3, -0.25) is 9.67 Å². The lowest BCUT2D eigenvalue weighted by Crippen LogP contribution is -1.95. The first kappa shape index (κ1) is 9.84. The lowest BCUT2D eigenvalue weighted by molar-refractivity contribution is 0.776. The van der Waals surface area contributed by atoms with E-state index in [1.807, 2.05) is 37.4 Å². The Morgan fingerprint density at radius 1 is 1.24 bits per heavy atom. The highest BCUT2D eigenvalue weighted by atomic mass is 15.3. The van der Waals surface area contributed by atoms with Crippen LogP contribution in [-0.2, 0) is 7.05 Å². The van der Waals surface area contributed by atoms with E-state index in [0.717, 1.165) is 22.2 Å². The molecule has 0 amide bonds. The molecule has 0 atom stereocenters. The maximum absolute atomic E-state index is 5.91. The summed E-state index contributed by atoms with van der Waals surface area (Å²) in [6.45, 7) is 0. The summed E-state index contributed by atoms with van der Waals surface area (Å²) < 4.78 is 1.78. The van der Waals surface area contributed by atoms with E-state index in [1.54, 1.807) is 17.1 Å². The maximum Gasteiger partial charge on any atom is 0.0909 e. The number of aromatic nitrogens is 3. The highest BCUT2D eigenvalue weighted by molar-refractivity contribution is 5.85. The lowest BCUT2D eigenvalue weighted by atomic mass is 10.1. The molecule has 0 bridgehead atoms. The quantitative estimate of drug-likeness (QED) is 0.689. The van der Waals surface area contributed by atoms with E-state index >= 15 is 0 Å². The Hall–Kier alpha value is -2.36. The van der Waals surface area contributed by atoms with Crippen molar-refractivity contribution in [3.8, 4) is 11.3 Å². The van der Waals surface area contributed by atoms with Crippen LogP contribution in [0.5, 0.6) is 0 Å². The largest absolute Gasteiger partial charge is 0.396 e. The summed E-state index contributed by atoms with van der Waals surface area (Å²) in [7, 11) is 1.88. The monoisotopic (exact) mass is 224 g/mol. The number of hydrogen-bond donors (Lipinski definition) is 1. The minimum atomic E-state index is 0.683. The van der Waals surface area contributed by atoms with Gasteiger partial charge in [0.1, 0.15) is 0 Å². The Kier molecular flexibility index (Phi) is 2.08. The highest BCUT2D eigenvalue weighted by Gasteiger charge is 2.08. The van der Waals surface area contributed by atoms with Crippen LogP contribution in [-0.4, -0.2) is 14.8 Å². The average Bonchev–Trinajstić information content (AvgIpc) is 2.68. The molecule has 2 aromatic heterocycles. The maximum atomic E-state index is 5.91. The second kappa shape index (κ2) is 3.59. The van der Waals surface area contributed by atoms with Crippen molar-refractivity contribution in [2.45, 2.75) is 0 Å². The van der Waals surface area contributed by atoms with E-state index in [2.05, 4.69) is 10.1 Å². The van der Waals surface area contributed by atoms with Gasteiger partial charge in [0.15, 0.2) is 0 Å². The van der Waals surface area contributed by atoms with E-state index in [-0.39, 0.29) is 0 Å². The Morgan fingerprint density at radius 2 is 2.12 bits per heavy atom. The molecule has 2 N–H and O–H groups in total. The molecule has 2 heterocycles. The van der Waals surface area contributed by atoms with Crippen molar-refractivity contribution in [3.05, 3.63) is 42.7 Å². The molecule has 4 heteroatoms. The Morgan fingerprint density at radius 3 is 2.88 bits per heavy atom. The summed E-state index contributed by atoms with van der Waals surface area (Å²) in [6.07, 6.45) is 3.46. The number of aryl methyl sites for hydroxylation is 1. The molecular formula is C13H12N4. The molecule has 0 saturated carbocycles. The first-order valence-corrected chi connectivity index (χ1v) is 5.38. The van der Waals surface area contributed by atoms with Crippen LogP contribution in [0.2, 0.25) is 0 Å². The predicted octanol–water partition coefficient (Wildman–Crippen LogP) is 2.22. The highest BCUT2D eigenvalue weighted by Crippen LogP contribution is 2.27. The van der Waals surface area contributed by atoms with Gasteiger partial charge in [-0.2, -0.15) is 5.10 Å². The number of nitrogens with two attached hydrogens (primary N) is 1. The number of nitrogen functional groups attached to an aromatic ring is 1. The van der Waals surface area contributed by atoms with Crippen molar-refractivity contribution in [2.75, 3.05) is 5.73 Å². The molecule has 0 saturated heterocycles. The number of pyridine rings is 1. The van der Waals surface area contributed by atoms with Gasteiger partial charge in [-0.15, -0.1) is 0 Å². The second-order valence-electron chi connectivity index (χ2n) is 3.98. The molecular weight excluding hydrogens is 212 g/mol. The van der Waals surface area contributed by atoms with E-state index in [9.17, 15) is 0 Å². The molecule has 0 aliphatic heterocycles. The van der Waals surface area contributed by atoms with Crippen molar-refractivity contribution >= 4 is 16.6 Å². The summed E-state index contributed by atoms with van der Waals surface area (Å²) in [6, 6.07) is 10.1. The number of benzene rings is 1. The number of fused-ring (bicyclic) bond motifs is 1. The summed E-state index contributed by atoms with van der Waals surface area (Å²) in [5.74, 6) is 0. The molecule has 3 aromatic rings. The zero-order valence-corrected chi connectivity index (χ0v) is 9.46. The molecule has 1 aromatic carbocycles. The first-order chi connectivity index (χ1) is 8.25. The fraction of sp³-hybridized carbons (Fsp3) is 0.0769. The minimum Gasteiger partial charge on any atom is -0.396 e. The van der Waals surface area contributed by atoms with Crippen LogP contribution in [0.3, 0.4) is 0 Å². The molecule has 0 fully saturated rings. The number of nitrogens with zero attached hydrogens (tertiary/aromatic N) is 3. The van der Waals surface area contributed by atoms with Crippen LogP contribution >= 0.6 is 0 Å². The fourth-order valence-electron chi connectivity index (χ4n) is 2.02. The standard InChI is InChI=1S/C13H12N4/c1-17-13(11(14)8-16-17)10-5-4-9-3-2-6-15-12(9)7-10/h2-8H,14H2,1H3.